The summed E-state index contributed by atoms with van der Waals surface area (Å²) in [6, 6.07) is 8.23. The second-order valence-electron chi connectivity index (χ2n) is 3.15. The van der Waals surface area contributed by atoms with E-state index in [-0.39, 0.29) is 6.42 Å². The highest BCUT2D eigenvalue weighted by Crippen LogP contribution is 2.07. The third-order valence-corrected chi connectivity index (χ3v) is 2.04. The van der Waals surface area contributed by atoms with Gasteiger partial charge in [0, 0.05) is 0 Å². The lowest BCUT2D eigenvalue weighted by Gasteiger charge is -2.26. The molecule has 0 atom stereocenters. The summed E-state index contributed by atoms with van der Waals surface area (Å²) in [7, 11) is 0. The Bertz CT molecular complexity index is 429. The van der Waals surface area contributed by atoms with Gasteiger partial charge in [-0.25, -0.2) is 4.79 Å². The van der Waals surface area contributed by atoms with E-state index in [2.05, 4.69) is 4.84 Å². The van der Waals surface area contributed by atoms with E-state index < -0.39 is 17.8 Å². The predicted octanol–water partition coefficient (Wildman–Crippen LogP) is 0.0219. The number of rotatable bonds is 3. The predicted molar refractivity (Wildman–Crippen MR) is 51.5 cm³/mol. The van der Waals surface area contributed by atoms with Crippen LogP contribution >= 0.6 is 0 Å². The van der Waals surface area contributed by atoms with E-state index in [0.29, 0.717) is 10.6 Å². The first-order valence-corrected chi connectivity index (χ1v) is 4.56. The molecule has 0 aromatic heterocycles. The summed E-state index contributed by atoms with van der Waals surface area (Å²) in [5.41, 5.74) is 2.33. The van der Waals surface area contributed by atoms with E-state index in [9.17, 15) is 14.4 Å². The molecule has 1 aromatic rings. The first kappa shape index (κ1) is 10.3. The first-order valence-electron chi connectivity index (χ1n) is 4.56. The first-order chi connectivity index (χ1) is 7.68. The molecule has 1 N–H and O–H groups in total. The average Bonchev–Trinajstić information content (AvgIpc) is 2.30. The zero-order chi connectivity index (χ0) is 11.5. The van der Waals surface area contributed by atoms with E-state index >= 15 is 0 Å². The molecule has 1 aromatic carbocycles. The molecule has 1 fully saturated rings. The highest BCUT2D eigenvalue weighted by Gasteiger charge is 2.35. The second-order valence-corrected chi connectivity index (χ2v) is 3.15. The Kier molecular flexibility index (Phi) is 2.65. The van der Waals surface area contributed by atoms with E-state index in [4.69, 9.17) is 0 Å². The molecule has 0 bridgehead atoms. The lowest BCUT2D eigenvalue weighted by molar-refractivity contribution is -0.174. The van der Waals surface area contributed by atoms with Crippen molar-refractivity contribution in [2.75, 3.05) is 0 Å². The zero-order valence-corrected chi connectivity index (χ0v) is 8.17. The van der Waals surface area contributed by atoms with E-state index in [1.165, 1.54) is 0 Å². The monoisotopic (exact) mass is 220 g/mol. The van der Waals surface area contributed by atoms with Crippen molar-refractivity contribution in [2.24, 2.45) is 0 Å². The number of imide groups is 1. The van der Waals surface area contributed by atoms with Crippen LogP contribution in [0, 0.1) is 0 Å². The smallest absolute Gasteiger partial charge is 0.346 e. The van der Waals surface area contributed by atoms with Gasteiger partial charge in [0.2, 0.25) is 0 Å². The van der Waals surface area contributed by atoms with Gasteiger partial charge in [0.15, 0.2) is 0 Å². The SMILES string of the molecule is O=C(ONN1C(=O)CC1=O)c1ccccc1. The fraction of sp³-hybridized carbons (Fsp3) is 0.100. The van der Waals surface area contributed by atoms with Gasteiger partial charge in [-0.2, -0.15) is 5.01 Å². The molecule has 0 unspecified atom stereocenters. The highest BCUT2D eigenvalue weighted by molar-refractivity contribution is 6.14. The molecule has 2 rings (SSSR count). The molecule has 1 aliphatic heterocycles. The van der Waals surface area contributed by atoms with Gasteiger partial charge in [-0.05, 0) is 12.1 Å². The quantitative estimate of drug-likeness (QED) is 0.441. The third-order valence-electron chi connectivity index (χ3n) is 2.04. The molecule has 16 heavy (non-hydrogen) atoms. The average molecular weight is 220 g/mol. The summed E-state index contributed by atoms with van der Waals surface area (Å²) in [6.07, 6.45) is -0.157. The Morgan fingerprint density at radius 1 is 1.19 bits per heavy atom. The van der Waals surface area contributed by atoms with Crippen molar-refractivity contribution >= 4 is 17.8 Å². The van der Waals surface area contributed by atoms with Gasteiger partial charge in [0.1, 0.15) is 6.42 Å². The topological polar surface area (TPSA) is 75.7 Å². The van der Waals surface area contributed by atoms with Crippen molar-refractivity contribution in [2.45, 2.75) is 6.42 Å². The summed E-state index contributed by atoms with van der Waals surface area (Å²) < 4.78 is 0. The van der Waals surface area contributed by atoms with Crippen LogP contribution in [0.1, 0.15) is 16.8 Å². The van der Waals surface area contributed by atoms with Crippen molar-refractivity contribution in [1.29, 1.82) is 0 Å². The molecule has 2 amide bonds. The van der Waals surface area contributed by atoms with Crippen molar-refractivity contribution in [3.8, 4) is 0 Å². The minimum atomic E-state index is -0.659. The third kappa shape index (κ3) is 1.91. The zero-order valence-electron chi connectivity index (χ0n) is 8.17. The van der Waals surface area contributed by atoms with E-state index in [0.717, 1.165) is 0 Å². The molecule has 82 valence electrons. The molecule has 6 heteroatoms. The van der Waals surface area contributed by atoms with Gasteiger partial charge in [-0.3, -0.25) is 9.59 Å². The standard InChI is InChI=1S/C10H8N2O4/c13-8-6-9(14)12(8)11-16-10(15)7-4-2-1-3-5-7/h1-5,11H,6H2. The van der Waals surface area contributed by atoms with Crippen LogP contribution in [-0.2, 0) is 14.4 Å². The fourth-order valence-electron chi connectivity index (χ4n) is 1.16. The van der Waals surface area contributed by atoms with Crippen LogP contribution in [0.25, 0.3) is 0 Å². The number of carbonyl (C=O) groups excluding carboxylic acids is 3. The van der Waals surface area contributed by atoms with Gasteiger partial charge in [-0.15, -0.1) is 0 Å². The molecule has 0 aliphatic carbocycles. The minimum Gasteiger partial charge on any atom is -0.346 e. The van der Waals surface area contributed by atoms with Gasteiger partial charge < -0.3 is 4.84 Å². The number of nitrogens with zero attached hydrogens (tertiary/aromatic N) is 1. The van der Waals surface area contributed by atoms with Gasteiger partial charge >= 0.3 is 5.97 Å². The van der Waals surface area contributed by atoms with Crippen LogP contribution in [0.5, 0.6) is 0 Å². The maximum absolute atomic E-state index is 11.4. The molecule has 1 heterocycles. The number of benzene rings is 1. The van der Waals surface area contributed by atoms with Crippen LogP contribution in [0.3, 0.4) is 0 Å². The lowest BCUT2D eigenvalue weighted by Crippen LogP contribution is -2.56. The molecular formula is C10H8N2O4. The number of carbonyl (C=O) groups is 3. The van der Waals surface area contributed by atoms with Crippen molar-refractivity contribution in [1.82, 2.24) is 10.6 Å². The van der Waals surface area contributed by atoms with Gasteiger partial charge in [0.25, 0.3) is 11.8 Å². The summed E-state index contributed by atoms with van der Waals surface area (Å²) in [4.78, 5) is 37.6. The Morgan fingerprint density at radius 3 is 2.38 bits per heavy atom. The number of hydrazine groups is 1. The van der Waals surface area contributed by atoms with E-state index in [1.54, 1.807) is 30.3 Å². The Labute approximate surface area is 90.7 Å². The molecule has 0 radical (unpaired) electrons. The summed E-state index contributed by atoms with van der Waals surface area (Å²) in [5.74, 6) is -1.51. The van der Waals surface area contributed by atoms with Crippen LogP contribution in [0.15, 0.2) is 30.3 Å². The summed E-state index contributed by atoms with van der Waals surface area (Å²) in [5, 5.41) is 0.654. The van der Waals surface area contributed by atoms with Crippen molar-refractivity contribution < 1.29 is 19.2 Å². The Hall–Kier alpha value is -2.21. The van der Waals surface area contributed by atoms with Gasteiger partial charge in [-0.1, -0.05) is 23.8 Å². The largest absolute Gasteiger partial charge is 0.358 e. The van der Waals surface area contributed by atoms with Gasteiger partial charge in [0.05, 0.1) is 5.56 Å². The minimum absolute atomic E-state index is 0.157. The van der Waals surface area contributed by atoms with E-state index in [1.807, 2.05) is 5.59 Å². The number of β-lactam (4-membered cyclic amide) rings is 2. The lowest BCUT2D eigenvalue weighted by atomic mass is 10.2. The van der Waals surface area contributed by atoms with Crippen molar-refractivity contribution in [3.05, 3.63) is 35.9 Å². The highest BCUT2D eigenvalue weighted by atomic mass is 16.7. The Morgan fingerprint density at radius 2 is 1.81 bits per heavy atom. The van der Waals surface area contributed by atoms with Crippen LogP contribution < -0.4 is 5.59 Å². The normalized spacial score (nSPS) is 14.6. The van der Waals surface area contributed by atoms with Crippen molar-refractivity contribution in [3.63, 3.8) is 0 Å². The molecule has 1 saturated heterocycles. The number of hydrogen-bond donors (Lipinski definition) is 1. The second kappa shape index (κ2) is 4.11. The maximum atomic E-state index is 11.4. The summed E-state index contributed by atoms with van der Waals surface area (Å²) in [6.45, 7) is 0. The maximum Gasteiger partial charge on any atom is 0.358 e. The molecule has 0 spiro atoms. The molecular weight excluding hydrogens is 212 g/mol. The molecule has 1 aliphatic rings. The molecule has 0 saturated carbocycles. The van der Waals surface area contributed by atoms with Crippen LogP contribution in [0.2, 0.25) is 0 Å². The Balaban J connectivity index is 1.89. The number of nitrogens with one attached hydrogen (secondary N) is 1. The van der Waals surface area contributed by atoms with Crippen LogP contribution in [-0.4, -0.2) is 22.8 Å². The summed E-state index contributed by atoms with van der Waals surface area (Å²) >= 11 is 0. The number of hydrogen-bond acceptors (Lipinski definition) is 5. The van der Waals surface area contributed by atoms with Crippen LogP contribution in [0.4, 0.5) is 0 Å². The fourth-order valence-corrected chi connectivity index (χ4v) is 1.16. The molecule has 6 nitrogen and oxygen atoms in total. The number of amides is 2.